The molecule has 1 saturated heterocycles. The van der Waals surface area contributed by atoms with Gasteiger partial charge in [-0.2, -0.15) is 11.8 Å². The van der Waals surface area contributed by atoms with Crippen molar-refractivity contribution in [1.29, 1.82) is 0 Å². The van der Waals surface area contributed by atoms with Crippen LogP contribution in [0.25, 0.3) is 0 Å². The van der Waals surface area contributed by atoms with E-state index in [-0.39, 0.29) is 0 Å². The zero-order valence-electron chi connectivity index (χ0n) is 9.30. The van der Waals surface area contributed by atoms with Crippen LogP contribution in [-0.4, -0.2) is 24.1 Å². The highest BCUT2D eigenvalue weighted by Gasteiger charge is 2.26. The van der Waals surface area contributed by atoms with Crippen LogP contribution in [0.2, 0.25) is 0 Å². The first-order valence-corrected chi connectivity index (χ1v) is 7.36. The zero-order valence-corrected chi connectivity index (χ0v) is 10.1. The average molecular weight is 213 g/mol. The number of thioether (sulfide) groups is 1. The van der Waals surface area contributed by atoms with Gasteiger partial charge in [-0.05, 0) is 49.1 Å². The first-order valence-electron chi connectivity index (χ1n) is 6.21. The SMILES string of the molecule is CCC1CCCC1NCC1CCSC1. The van der Waals surface area contributed by atoms with Gasteiger partial charge in [0.25, 0.3) is 0 Å². The predicted molar refractivity (Wildman–Crippen MR) is 64.9 cm³/mol. The van der Waals surface area contributed by atoms with Crippen molar-refractivity contribution in [2.24, 2.45) is 11.8 Å². The highest BCUT2D eigenvalue weighted by atomic mass is 32.2. The maximum atomic E-state index is 3.81. The van der Waals surface area contributed by atoms with Gasteiger partial charge in [-0.25, -0.2) is 0 Å². The summed E-state index contributed by atoms with van der Waals surface area (Å²) in [7, 11) is 0. The van der Waals surface area contributed by atoms with Crippen molar-refractivity contribution in [3.8, 4) is 0 Å². The van der Waals surface area contributed by atoms with E-state index in [1.165, 1.54) is 50.2 Å². The van der Waals surface area contributed by atoms with Gasteiger partial charge in [0.15, 0.2) is 0 Å². The van der Waals surface area contributed by atoms with Crippen LogP contribution < -0.4 is 5.32 Å². The van der Waals surface area contributed by atoms with Gasteiger partial charge in [0.1, 0.15) is 0 Å². The van der Waals surface area contributed by atoms with Crippen molar-refractivity contribution < 1.29 is 0 Å². The second-order valence-electron chi connectivity index (χ2n) is 4.84. The van der Waals surface area contributed by atoms with Gasteiger partial charge in [-0.15, -0.1) is 0 Å². The Morgan fingerprint density at radius 2 is 2.21 bits per heavy atom. The number of nitrogens with one attached hydrogen (secondary N) is 1. The molecule has 2 rings (SSSR count). The summed E-state index contributed by atoms with van der Waals surface area (Å²) < 4.78 is 0. The highest BCUT2D eigenvalue weighted by Crippen LogP contribution is 2.29. The molecular weight excluding hydrogens is 190 g/mol. The van der Waals surface area contributed by atoms with Crippen LogP contribution in [0.4, 0.5) is 0 Å². The monoisotopic (exact) mass is 213 g/mol. The molecule has 2 aliphatic rings. The highest BCUT2D eigenvalue weighted by molar-refractivity contribution is 7.99. The van der Waals surface area contributed by atoms with Gasteiger partial charge in [-0.3, -0.25) is 0 Å². The maximum absolute atomic E-state index is 3.81. The lowest BCUT2D eigenvalue weighted by molar-refractivity contribution is 0.367. The van der Waals surface area contributed by atoms with Crippen LogP contribution in [0, 0.1) is 11.8 Å². The van der Waals surface area contributed by atoms with E-state index in [9.17, 15) is 0 Å². The van der Waals surface area contributed by atoms with Crippen molar-refractivity contribution in [3.05, 3.63) is 0 Å². The van der Waals surface area contributed by atoms with Gasteiger partial charge in [0, 0.05) is 6.04 Å². The van der Waals surface area contributed by atoms with Crippen LogP contribution in [-0.2, 0) is 0 Å². The fraction of sp³-hybridized carbons (Fsp3) is 1.00. The molecule has 0 aromatic heterocycles. The third-order valence-electron chi connectivity index (χ3n) is 3.88. The largest absolute Gasteiger partial charge is 0.313 e. The molecule has 0 aromatic rings. The molecule has 1 heterocycles. The fourth-order valence-corrected chi connectivity index (χ4v) is 4.14. The minimum atomic E-state index is 0.852. The maximum Gasteiger partial charge on any atom is 0.00953 e. The molecule has 0 radical (unpaired) electrons. The molecule has 1 aliphatic heterocycles. The van der Waals surface area contributed by atoms with Crippen LogP contribution in [0.1, 0.15) is 39.0 Å². The number of hydrogen-bond acceptors (Lipinski definition) is 2. The molecule has 3 atom stereocenters. The molecule has 0 aromatic carbocycles. The smallest absolute Gasteiger partial charge is 0.00953 e. The molecule has 2 heteroatoms. The summed E-state index contributed by atoms with van der Waals surface area (Å²) in [5.41, 5.74) is 0. The Labute approximate surface area is 92.4 Å². The molecule has 14 heavy (non-hydrogen) atoms. The molecule has 82 valence electrons. The lowest BCUT2D eigenvalue weighted by atomic mass is 10.00. The van der Waals surface area contributed by atoms with Gasteiger partial charge < -0.3 is 5.32 Å². The minimum absolute atomic E-state index is 0.852. The van der Waals surface area contributed by atoms with E-state index >= 15 is 0 Å². The molecule has 2 fully saturated rings. The molecule has 1 N–H and O–H groups in total. The first kappa shape index (κ1) is 10.8. The molecule has 0 spiro atoms. The molecule has 1 saturated carbocycles. The van der Waals surface area contributed by atoms with E-state index in [0.717, 1.165) is 17.9 Å². The topological polar surface area (TPSA) is 12.0 Å². The second kappa shape index (κ2) is 5.41. The minimum Gasteiger partial charge on any atom is -0.313 e. The molecule has 1 aliphatic carbocycles. The fourth-order valence-electron chi connectivity index (χ4n) is 2.86. The molecule has 3 unspecified atom stereocenters. The van der Waals surface area contributed by atoms with Crippen molar-refractivity contribution >= 4 is 11.8 Å². The Morgan fingerprint density at radius 3 is 2.93 bits per heavy atom. The average Bonchev–Trinajstić information content (AvgIpc) is 2.85. The van der Waals surface area contributed by atoms with E-state index in [1.807, 2.05) is 0 Å². The van der Waals surface area contributed by atoms with Crippen molar-refractivity contribution in [3.63, 3.8) is 0 Å². The van der Waals surface area contributed by atoms with E-state index in [0.29, 0.717) is 0 Å². The van der Waals surface area contributed by atoms with Gasteiger partial charge in [-0.1, -0.05) is 19.8 Å². The lowest BCUT2D eigenvalue weighted by Crippen LogP contribution is -2.35. The number of hydrogen-bond donors (Lipinski definition) is 1. The Bertz CT molecular complexity index is 166. The van der Waals surface area contributed by atoms with E-state index in [2.05, 4.69) is 24.0 Å². The van der Waals surface area contributed by atoms with Crippen LogP contribution >= 0.6 is 11.8 Å². The zero-order chi connectivity index (χ0) is 9.80. The summed E-state index contributed by atoms with van der Waals surface area (Å²) in [5, 5.41) is 3.81. The van der Waals surface area contributed by atoms with Crippen LogP contribution in [0.15, 0.2) is 0 Å². The molecule has 0 bridgehead atoms. The van der Waals surface area contributed by atoms with Gasteiger partial charge in [0.05, 0.1) is 0 Å². The Kier molecular flexibility index (Phi) is 4.18. The van der Waals surface area contributed by atoms with Gasteiger partial charge in [0.2, 0.25) is 0 Å². The van der Waals surface area contributed by atoms with E-state index in [1.54, 1.807) is 0 Å². The van der Waals surface area contributed by atoms with Crippen molar-refractivity contribution in [2.45, 2.75) is 45.1 Å². The van der Waals surface area contributed by atoms with Crippen molar-refractivity contribution in [2.75, 3.05) is 18.1 Å². The quantitative estimate of drug-likeness (QED) is 0.770. The summed E-state index contributed by atoms with van der Waals surface area (Å²) in [6.45, 7) is 3.63. The third kappa shape index (κ3) is 2.66. The van der Waals surface area contributed by atoms with Crippen LogP contribution in [0.5, 0.6) is 0 Å². The molecular formula is C12H23NS. The van der Waals surface area contributed by atoms with Gasteiger partial charge >= 0.3 is 0 Å². The Morgan fingerprint density at radius 1 is 1.29 bits per heavy atom. The summed E-state index contributed by atoms with van der Waals surface area (Å²) in [6, 6.07) is 0.852. The second-order valence-corrected chi connectivity index (χ2v) is 5.99. The Balaban J connectivity index is 1.68. The standard InChI is InChI=1S/C12H23NS/c1-2-11-4-3-5-12(11)13-8-10-6-7-14-9-10/h10-13H,2-9H2,1H3. The van der Waals surface area contributed by atoms with Crippen LogP contribution in [0.3, 0.4) is 0 Å². The molecule has 0 amide bonds. The summed E-state index contributed by atoms with van der Waals surface area (Å²) in [4.78, 5) is 0. The summed E-state index contributed by atoms with van der Waals surface area (Å²) in [6.07, 6.45) is 7.17. The predicted octanol–water partition coefficient (Wildman–Crippen LogP) is 2.91. The summed E-state index contributed by atoms with van der Waals surface area (Å²) in [5.74, 6) is 4.74. The first-order chi connectivity index (χ1) is 6.90. The van der Waals surface area contributed by atoms with E-state index in [4.69, 9.17) is 0 Å². The normalized spacial score (nSPS) is 37.9. The summed E-state index contributed by atoms with van der Waals surface area (Å²) >= 11 is 2.13. The number of rotatable bonds is 4. The van der Waals surface area contributed by atoms with E-state index < -0.39 is 0 Å². The molecule has 1 nitrogen and oxygen atoms in total. The Hall–Kier alpha value is 0.310. The third-order valence-corrected chi connectivity index (χ3v) is 5.11. The van der Waals surface area contributed by atoms with Crippen molar-refractivity contribution in [1.82, 2.24) is 5.32 Å². The lowest BCUT2D eigenvalue weighted by Gasteiger charge is -2.21.